The Morgan fingerprint density at radius 1 is 1.29 bits per heavy atom. The van der Waals surface area contributed by atoms with E-state index in [0.29, 0.717) is 18.8 Å². The van der Waals surface area contributed by atoms with Gasteiger partial charge in [0.15, 0.2) is 5.82 Å². The van der Waals surface area contributed by atoms with Crippen LogP contribution in [0.2, 0.25) is 5.02 Å². The molecule has 0 saturated carbocycles. The summed E-state index contributed by atoms with van der Waals surface area (Å²) in [6.45, 7) is 2.48. The van der Waals surface area contributed by atoms with Crippen LogP contribution < -0.4 is 5.73 Å². The molecule has 1 aromatic carbocycles. The van der Waals surface area contributed by atoms with E-state index in [4.69, 9.17) is 17.3 Å². The Bertz CT molecular complexity index is 510. The van der Waals surface area contributed by atoms with E-state index in [0.717, 1.165) is 21.8 Å². The highest BCUT2D eigenvalue weighted by Gasteiger charge is 2.04. The van der Waals surface area contributed by atoms with Gasteiger partial charge in [-0.15, -0.1) is 10.2 Å². The van der Waals surface area contributed by atoms with Gasteiger partial charge in [-0.25, -0.2) is 4.98 Å². The Morgan fingerprint density at radius 2 is 2.12 bits per heavy atom. The van der Waals surface area contributed by atoms with Crippen molar-refractivity contribution in [3.05, 3.63) is 40.8 Å². The normalized spacial score (nSPS) is 10.5. The monoisotopic (exact) mass is 248 g/mol. The van der Waals surface area contributed by atoms with Gasteiger partial charge < -0.3 is 5.73 Å². The predicted octanol–water partition coefficient (Wildman–Crippen LogP) is 2.00. The van der Waals surface area contributed by atoms with Crippen LogP contribution in [0.25, 0.3) is 11.3 Å². The van der Waals surface area contributed by atoms with Crippen molar-refractivity contribution in [1.82, 2.24) is 15.2 Å². The van der Waals surface area contributed by atoms with Crippen LogP contribution in [0.3, 0.4) is 0 Å². The molecule has 0 aliphatic heterocycles. The molecule has 2 N–H and O–H groups in total. The molecule has 0 atom stereocenters. The second-order valence-corrected chi connectivity index (χ2v) is 4.17. The van der Waals surface area contributed by atoms with E-state index in [-0.39, 0.29) is 0 Å². The molecular weight excluding hydrogens is 236 g/mol. The van der Waals surface area contributed by atoms with Gasteiger partial charge in [-0.05, 0) is 31.2 Å². The molecule has 1 aromatic heterocycles. The van der Waals surface area contributed by atoms with Crippen LogP contribution in [0, 0.1) is 6.92 Å². The molecule has 2 aromatic rings. The Morgan fingerprint density at radius 3 is 2.71 bits per heavy atom. The van der Waals surface area contributed by atoms with Crippen LogP contribution in [0.1, 0.15) is 11.4 Å². The standard InChI is InChI=1S/C12H13ClN4/c1-8-6-9(2-3-10(8)13)11-7-15-12(4-5-14)17-16-11/h2-3,6-7H,4-5,14H2,1H3. The number of hydrogen-bond acceptors (Lipinski definition) is 4. The minimum atomic E-state index is 0.529. The maximum Gasteiger partial charge on any atom is 0.152 e. The smallest absolute Gasteiger partial charge is 0.152 e. The lowest BCUT2D eigenvalue weighted by Gasteiger charge is -2.03. The molecule has 0 saturated heterocycles. The fourth-order valence-corrected chi connectivity index (χ4v) is 1.60. The highest BCUT2D eigenvalue weighted by molar-refractivity contribution is 6.31. The lowest BCUT2D eigenvalue weighted by Crippen LogP contribution is -2.07. The molecule has 2 rings (SSSR count). The third-order valence-corrected chi connectivity index (χ3v) is 2.85. The summed E-state index contributed by atoms with van der Waals surface area (Å²) in [5, 5.41) is 8.89. The predicted molar refractivity (Wildman–Crippen MR) is 67.8 cm³/mol. The van der Waals surface area contributed by atoms with Crippen LogP contribution >= 0.6 is 11.6 Å². The van der Waals surface area contributed by atoms with Gasteiger partial charge in [0.2, 0.25) is 0 Å². The number of hydrogen-bond donors (Lipinski definition) is 1. The molecule has 0 amide bonds. The van der Waals surface area contributed by atoms with E-state index >= 15 is 0 Å². The van der Waals surface area contributed by atoms with Crippen molar-refractivity contribution in [1.29, 1.82) is 0 Å². The first-order valence-electron chi connectivity index (χ1n) is 5.36. The van der Waals surface area contributed by atoms with Gasteiger partial charge in [0.25, 0.3) is 0 Å². The molecule has 0 aliphatic carbocycles. The van der Waals surface area contributed by atoms with Gasteiger partial charge in [0.05, 0.1) is 6.20 Å². The lowest BCUT2D eigenvalue weighted by atomic mass is 10.1. The Balaban J connectivity index is 2.30. The van der Waals surface area contributed by atoms with Crippen molar-refractivity contribution >= 4 is 11.6 Å². The molecule has 5 heteroatoms. The van der Waals surface area contributed by atoms with E-state index in [1.165, 1.54) is 0 Å². The van der Waals surface area contributed by atoms with Crippen LogP contribution in [0.5, 0.6) is 0 Å². The number of nitrogens with two attached hydrogens (primary N) is 1. The summed E-state index contributed by atoms with van der Waals surface area (Å²) in [7, 11) is 0. The highest BCUT2D eigenvalue weighted by atomic mass is 35.5. The summed E-state index contributed by atoms with van der Waals surface area (Å²) < 4.78 is 0. The fourth-order valence-electron chi connectivity index (χ4n) is 1.48. The quantitative estimate of drug-likeness (QED) is 0.902. The molecule has 0 fully saturated rings. The van der Waals surface area contributed by atoms with Crippen molar-refractivity contribution in [3.8, 4) is 11.3 Å². The lowest BCUT2D eigenvalue weighted by molar-refractivity contribution is 0.813. The number of aryl methyl sites for hydroxylation is 1. The van der Waals surface area contributed by atoms with Crippen LogP contribution in [-0.4, -0.2) is 21.7 Å². The summed E-state index contributed by atoms with van der Waals surface area (Å²) in [5.41, 5.74) is 8.14. The van der Waals surface area contributed by atoms with E-state index in [2.05, 4.69) is 15.2 Å². The molecule has 0 spiro atoms. The van der Waals surface area contributed by atoms with Crippen molar-refractivity contribution in [3.63, 3.8) is 0 Å². The van der Waals surface area contributed by atoms with Crippen molar-refractivity contribution in [2.45, 2.75) is 13.3 Å². The highest BCUT2D eigenvalue weighted by Crippen LogP contribution is 2.22. The third-order valence-electron chi connectivity index (χ3n) is 2.43. The Hall–Kier alpha value is -1.52. The first-order valence-corrected chi connectivity index (χ1v) is 5.73. The van der Waals surface area contributed by atoms with E-state index < -0.39 is 0 Å². The van der Waals surface area contributed by atoms with Gasteiger partial charge in [0, 0.05) is 17.0 Å². The molecule has 0 aliphatic rings. The number of aromatic nitrogens is 3. The summed E-state index contributed by atoms with van der Waals surface area (Å²) in [5.74, 6) is 0.668. The minimum absolute atomic E-state index is 0.529. The van der Waals surface area contributed by atoms with E-state index in [1.54, 1.807) is 6.20 Å². The second-order valence-electron chi connectivity index (χ2n) is 3.76. The van der Waals surface area contributed by atoms with Crippen LogP contribution in [0.15, 0.2) is 24.4 Å². The molecule has 17 heavy (non-hydrogen) atoms. The van der Waals surface area contributed by atoms with Gasteiger partial charge >= 0.3 is 0 Å². The van der Waals surface area contributed by atoms with E-state index in [1.807, 2.05) is 25.1 Å². The van der Waals surface area contributed by atoms with Gasteiger partial charge in [-0.3, -0.25) is 0 Å². The molecule has 88 valence electrons. The third kappa shape index (κ3) is 2.78. The molecule has 0 radical (unpaired) electrons. The average Bonchev–Trinajstić information content (AvgIpc) is 2.34. The molecule has 0 bridgehead atoms. The second kappa shape index (κ2) is 5.21. The van der Waals surface area contributed by atoms with Crippen molar-refractivity contribution < 1.29 is 0 Å². The number of benzene rings is 1. The van der Waals surface area contributed by atoms with Crippen LogP contribution in [-0.2, 0) is 6.42 Å². The SMILES string of the molecule is Cc1cc(-c2cnc(CCN)nn2)ccc1Cl. The van der Waals surface area contributed by atoms with Crippen LogP contribution in [0.4, 0.5) is 0 Å². The maximum atomic E-state index is 5.97. The number of rotatable bonds is 3. The average molecular weight is 249 g/mol. The van der Waals surface area contributed by atoms with Gasteiger partial charge in [-0.1, -0.05) is 17.7 Å². The van der Waals surface area contributed by atoms with Crippen molar-refractivity contribution in [2.24, 2.45) is 5.73 Å². The van der Waals surface area contributed by atoms with Gasteiger partial charge in [-0.2, -0.15) is 0 Å². The molecule has 0 unspecified atom stereocenters. The largest absolute Gasteiger partial charge is 0.330 e. The minimum Gasteiger partial charge on any atom is -0.330 e. The van der Waals surface area contributed by atoms with Crippen molar-refractivity contribution in [2.75, 3.05) is 6.54 Å². The summed E-state index contributed by atoms with van der Waals surface area (Å²) >= 11 is 5.97. The Labute approximate surface area is 105 Å². The summed E-state index contributed by atoms with van der Waals surface area (Å²) in [6.07, 6.45) is 2.35. The molecule has 1 heterocycles. The zero-order valence-corrected chi connectivity index (χ0v) is 10.3. The number of halogens is 1. The Kier molecular flexibility index (Phi) is 3.66. The number of nitrogens with zero attached hydrogens (tertiary/aromatic N) is 3. The summed E-state index contributed by atoms with van der Waals surface area (Å²) in [6, 6.07) is 5.72. The molecular formula is C12H13ClN4. The molecule has 4 nitrogen and oxygen atoms in total. The first kappa shape index (κ1) is 12.0. The first-order chi connectivity index (χ1) is 8.20. The zero-order chi connectivity index (χ0) is 12.3. The van der Waals surface area contributed by atoms with E-state index in [9.17, 15) is 0 Å². The maximum absolute atomic E-state index is 5.97. The van der Waals surface area contributed by atoms with Gasteiger partial charge in [0.1, 0.15) is 5.69 Å². The topological polar surface area (TPSA) is 64.7 Å². The fraction of sp³-hybridized carbons (Fsp3) is 0.250. The summed E-state index contributed by atoms with van der Waals surface area (Å²) in [4.78, 5) is 4.21. The zero-order valence-electron chi connectivity index (χ0n) is 9.52.